The standard InChI is InChI=1S/C15H23NO2/c1-11(13-8-9-18-10-13)16-12(2)14-6-4-5-7-15(14)17-3/h4-7,11-13,16H,8-10H2,1-3H3/t11?,12-,13?/m1/s1. The lowest BCUT2D eigenvalue weighted by atomic mass is 9.98. The highest BCUT2D eigenvalue weighted by Gasteiger charge is 2.24. The molecule has 0 aliphatic carbocycles. The molecule has 1 aromatic rings. The molecule has 0 aromatic heterocycles. The van der Waals surface area contributed by atoms with Gasteiger partial charge in [0.1, 0.15) is 5.75 Å². The maximum Gasteiger partial charge on any atom is 0.123 e. The van der Waals surface area contributed by atoms with Crippen molar-refractivity contribution >= 4 is 0 Å². The van der Waals surface area contributed by atoms with Gasteiger partial charge in [-0.1, -0.05) is 18.2 Å². The summed E-state index contributed by atoms with van der Waals surface area (Å²) >= 11 is 0. The van der Waals surface area contributed by atoms with E-state index in [0.29, 0.717) is 12.0 Å². The predicted octanol–water partition coefficient (Wildman–Crippen LogP) is 2.77. The van der Waals surface area contributed by atoms with Crippen molar-refractivity contribution in [3.63, 3.8) is 0 Å². The smallest absolute Gasteiger partial charge is 0.123 e. The Morgan fingerprint density at radius 3 is 2.78 bits per heavy atom. The second-order valence-electron chi connectivity index (χ2n) is 5.04. The molecule has 1 saturated heterocycles. The van der Waals surface area contributed by atoms with Crippen LogP contribution in [0.4, 0.5) is 0 Å². The van der Waals surface area contributed by atoms with E-state index in [0.717, 1.165) is 25.4 Å². The number of hydrogen-bond acceptors (Lipinski definition) is 3. The molecule has 2 rings (SSSR count). The minimum Gasteiger partial charge on any atom is -0.496 e. The summed E-state index contributed by atoms with van der Waals surface area (Å²) in [5.41, 5.74) is 1.21. The van der Waals surface area contributed by atoms with E-state index < -0.39 is 0 Å². The van der Waals surface area contributed by atoms with Gasteiger partial charge in [0.15, 0.2) is 0 Å². The van der Waals surface area contributed by atoms with Crippen molar-refractivity contribution in [3.8, 4) is 5.75 Å². The van der Waals surface area contributed by atoms with Gasteiger partial charge in [-0.15, -0.1) is 0 Å². The van der Waals surface area contributed by atoms with Gasteiger partial charge in [-0.05, 0) is 32.3 Å². The lowest BCUT2D eigenvalue weighted by Gasteiger charge is -2.25. The monoisotopic (exact) mass is 249 g/mol. The molecule has 0 radical (unpaired) electrons. The molecular weight excluding hydrogens is 226 g/mol. The Morgan fingerprint density at radius 2 is 2.11 bits per heavy atom. The van der Waals surface area contributed by atoms with Gasteiger partial charge in [-0.3, -0.25) is 0 Å². The van der Waals surface area contributed by atoms with Crippen LogP contribution in [0.5, 0.6) is 5.75 Å². The second-order valence-corrected chi connectivity index (χ2v) is 5.04. The molecule has 1 N–H and O–H groups in total. The van der Waals surface area contributed by atoms with Crippen molar-refractivity contribution in [2.45, 2.75) is 32.4 Å². The summed E-state index contributed by atoms with van der Waals surface area (Å²) in [6.07, 6.45) is 1.16. The van der Waals surface area contributed by atoms with Crippen LogP contribution in [0.3, 0.4) is 0 Å². The van der Waals surface area contributed by atoms with Gasteiger partial charge in [-0.2, -0.15) is 0 Å². The van der Waals surface area contributed by atoms with Crippen molar-refractivity contribution in [1.29, 1.82) is 0 Å². The molecule has 3 nitrogen and oxygen atoms in total. The SMILES string of the molecule is COc1ccccc1[C@@H](C)NC(C)C1CCOC1. The fraction of sp³-hybridized carbons (Fsp3) is 0.600. The largest absolute Gasteiger partial charge is 0.496 e. The molecule has 0 saturated carbocycles. The van der Waals surface area contributed by atoms with Crippen molar-refractivity contribution in [3.05, 3.63) is 29.8 Å². The predicted molar refractivity (Wildman–Crippen MR) is 72.9 cm³/mol. The quantitative estimate of drug-likeness (QED) is 0.870. The van der Waals surface area contributed by atoms with E-state index in [4.69, 9.17) is 9.47 Å². The third-order valence-electron chi connectivity index (χ3n) is 3.79. The molecular formula is C15H23NO2. The zero-order valence-electron chi connectivity index (χ0n) is 11.5. The van der Waals surface area contributed by atoms with Crippen molar-refractivity contribution in [1.82, 2.24) is 5.32 Å². The minimum atomic E-state index is 0.289. The summed E-state index contributed by atoms with van der Waals surface area (Å²) in [7, 11) is 1.72. The molecule has 2 unspecified atom stereocenters. The van der Waals surface area contributed by atoms with Gasteiger partial charge in [0.2, 0.25) is 0 Å². The zero-order valence-corrected chi connectivity index (χ0v) is 11.5. The molecule has 0 bridgehead atoms. The van der Waals surface area contributed by atoms with Crippen LogP contribution in [0.15, 0.2) is 24.3 Å². The Bertz CT molecular complexity index is 375. The molecule has 0 spiro atoms. The first-order chi connectivity index (χ1) is 8.72. The highest BCUT2D eigenvalue weighted by Crippen LogP contribution is 2.26. The number of rotatable bonds is 5. The van der Waals surface area contributed by atoms with Gasteiger partial charge in [0.05, 0.1) is 13.7 Å². The third kappa shape index (κ3) is 3.03. The molecule has 1 aromatic carbocycles. The minimum absolute atomic E-state index is 0.289. The molecule has 3 heteroatoms. The molecule has 1 aliphatic heterocycles. The summed E-state index contributed by atoms with van der Waals surface area (Å²) in [6, 6.07) is 8.94. The molecule has 0 amide bonds. The van der Waals surface area contributed by atoms with E-state index in [1.165, 1.54) is 5.56 Å². The fourth-order valence-electron chi connectivity index (χ4n) is 2.59. The number of ether oxygens (including phenoxy) is 2. The van der Waals surface area contributed by atoms with Gasteiger partial charge < -0.3 is 14.8 Å². The van der Waals surface area contributed by atoms with E-state index in [-0.39, 0.29) is 6.04 Å². The van der Waals surface area contributed by atoms with Gasteiger partial charge in [0, 0.05) is 24.3 Å². The van der Waals surface area contributed by atoms with Crippen LogP contribution in [0.25, 0.3) is 0 Å². The highest BCUT2D eigenvalue weighted by atomic mass is 16.5. The maximum absolute atomic E-state index is 5.45. The number of methoxy groups -OCH3 is 1. The van der Waals surface area contributed by atoms with Crippen LogP contribution in [-0.4, -0.2) is 26.4 Å². The number of para-hydroxylation sites is 1. The topological polar surface area (TPSA) is 30.5 Å². The molecule has 18 heavy (non-hydrogen) atoms. The second kappa shape index (κ2) is 6.21. The Hall–Kier alpha value is -1.06. The first-order valence-corrected chi connectivity index (χ1v) is 6.69. The Kier molecular flexibility index (Phi) is 4.61. The normalized spacial score (nSPS) is 22.7. The van der Waals surface area contributed by atoms with Gasteiger partial charge in [-0.25, -0.2) is 0 Å². The van der Waals surface area contributed by atoms with Crippen LogP contribution in [0.1, 0.15) is 31.9 Å². The summed E-state index contributed by atoms with van der Waals surface area (Å²) in [6.45, 7) is 6.21. The first-order valence-electron chi connectivity index (χ1n) is 6.69. The lowest BCUT2D eigenvalue weighted by Crippen LogP contribution is -2.35. The molecule has 1 fully saturated rings. The fourth-order valence-corrected chi connectivity index (χ4v) is 2.59. The molecule has 1 aliphatic rings. The molecule has 1 heterocycles. The lowest BCUT2D eigenvalue weighted by molar-refractivity contribution is 0.177. The van der Waals surface area contributed by atoms with Crippen molar-refractivity contribution in [2.24, 2.45) is 5.92 Å². The number of benzene rings is 1. The number of nitrogens with one attached hydrogen (secondary N) is 1. The van der Waals surface area contributed by atoms with Crippen molar-refractivity contribution in [2.75, 3.05) is 20.3 Å². The number of hydrogen-bond donors (Lipinski definition) is 1. The first kappa shape index (κ1) is 13.4. The zero-order chi connectivity index (χ0) is 13.0. The summed E-state index contributed by atoms with van der Waals surface area (Å²) in [4.78, 5) is 0. The van der Waals surface area contributed by atoms with Gasteiger partial charge in [0.25, 0.3) is 0 Å². The van der Waals surface area contributed by atoms with Crippen LogP contribution in [-0.2, 0) is 4.74 Å². The third-order valence-corrected chi connectivity index (χ3v) is 3.79. The van der Waals surface area contributed by atoms with E-state index in [1.807, 2.05) is 12.1 Å². The molecule has 3 atom stereocenters. The van der Waals surface area contributed by atoms with E-state index in [1.54, 1.807) is 7.11 Å². The Labute approximate surface area is 109 Å². The Morgan fingerprint density at radius 1 is 1.33 bits per heavy atom. The van der Waals surface area contributed by atoms with E-state index in [2.05, 4.69) is 31.3 Å². The average molecular weight is 249 g/mol. The summed E-state index contributed by atoms with van der Waals surface area (Å²) in [5, 5.41) is 3.65. The van der Waals surface area contributed by atoms with Crippen LogP contribution < -0.4 is 10.1 Å². The Balaban J connectivity index is 1.99. The van der Waals surface area contributed by atoms with Crippen LogP contribution >= 0.6 is 0 Å². The summed E-state index contributed by atoms with van der Waals surface area (Å²) in [5.74, 6) is 1.58. The van der Waals surface area contributed by atoms with E-state index in [9.17, 15) is 0 Å². The average Bonchev–Trinajstić information content (AvgIpc) is 2.92. The van der Waals surface area contributed by atoms with Crippen molar-refractivity contribution < 1.29 is 9.47 Å². The highest BCUT2D eigenvalue weighted by molar-refractivity contribution is 5.35. The summed E-state index contributed by atoms with van der Waals surface area (Å²) < 4.78 is 10.9. The van der Waals surface area contributed by atoms with Crippen LogP contribution in [0, 0.1) is 5.92 Å². The maximum atomic E-state index is 5.45. The molecule has 100 valence electrons. The van der Waals surface area contributed by atoms with Gasteiger partial charge >= 0.3 is 0 Å². The van der Waals surface area contributed by atoms with E-state index >= 15 is 0 Å². The van der Waals surface area contributed by atoms with Crippen LogP contribution in [0.2, 0.25) is 0 Å².